The normalized spacial score (nSPS) is 12.0. The van der Waals surface area contributed by atoms with Gasteiger partial charge < -0.3 is 14.7 Å². The van der Waals surface area contributed by atoms with Gasteiger partial charge in [-0.15, -0.1) is 0 Å². The van der Waals surface area contributed by atoms with Crippen LogP contribution in [0.2, 0.25) is 0 Å². The van der Waals surface area contributed by atoms with Gasteiger partial charge in [0.15, 0.2) is 11.6 Å². The van der Waals surface area contributed by atoms with Crippen LogP contribution in [0.3, 0.4) is 0 Å². The molecule has 0 heterocycles. The van der Waals surface area contributed by atoms with Crippen LogP contribution < -0.4 is 9.64 Å². The lowest BCUT2D eigenvalue weighted by atomic mass is 10.1. The number of aliphatic hydroxyl groups excluding tert-OH is 1. The van der Waals surface area contributed by atoms with Crippen molar-refractivity contribution < 1.29 is 14.2 Å². The smallest absolute Gasteiger partial charge is 0.165 e. The molecule has 4 heteroatoms. The first-order valence-corrected chi connectivity index (χ1v) is 6.90. The van der Waals surface area contributed by atoms with Gasteiger partial charge in [0.25, 0.3) is 0 Å². The monoisotopic (exact) mass is 289 g/mol. The lowest BCUT2D eigenvalue weighted by Crippen LogP contribution is -2.30. The largest absolute Gasteiger partial charge is 0.494 e. The number of hydrogen-bond acceptors (Lipinski definition) is 3. The van der Waals surface area contributed by atoms with Crippen LogP contribution in [0.1, 0.15) is 12.5 Å². The van der Waals surface area contributed by atoms with Gasteiger partial charge in [0.1, 0.15) is 0 Å². The van der Waals surface area contributed by atoms with Crippen LogP contribution in [-0.2, 0) is 6.54 Å². The van der Waals surface area contributed by atoms with E-state index in [1.807, 2.05) is 41.3 Å². The lowest BCUT2D eigenvalue weighted by Gasteiger charge is -2.26. The minimum absolute atomic E-state index is 0.237. The van der Waals surface area contributed by atoms with Crippen LogP contribution in [-0.4, -0.2) is 24.9 Å². The Morgan fingerprint density at radius 1 is 1.19 bits per heavy atom. The second-order valence-corrected chi connectivity index (χ2v) is 5.03. The maximum atomic E-state index is 13.8. The zero-order chi connectivity index (χ0) is 15.2. The molecular weight excluding hydrogens is 269 g/mol. The fourth-order valence-electron chi connectivity index (χ4n) is 2.25. The molecule has 1 N–H and O–H groups in total. The number of rotatable bonds is 6. The maximum absolute atomic E-state index is 13.8. The van der Waals surface area contributed by atoms with Crippen LogP contribution in [0.4, 0.5) is 10.1 Å². The third-order valence-corrected chi connectivity index (χ3v) is 3.20. The summed E-state index contributed by atoms with van der Waals surface area (Å²) < 4.78 is 18.7. The van der Waals surface area contributed by atoms with Crippen LogP contribution >= 0.6 is 0 Å². The SMILES string of the molecule is COc1ccc(CN(C[C@H](C)O)c2ccccc2)cc1F. The zero-order valence-corrected chi connectivity index (χ0v) is 12.3. The maximum Gasteiger partial charge on any atom is 0.165 e. The lowest BCUT2D eigenvalue weighted by molar-refractivity contribution is 0.199. The van der Waals surface area contributed by atoms with Crippen molar-refractivity contribution in [2.24, 2.45) is 0 Å². The molecule has 2 aromatic rings. The van der Waals surface area contributed by atoms with E-state index in [1.165, 1.54) is 13.2 Å². The van der Waals surface area contributed by atoms with E-state index in [1.54, 1.807) is 13.0 Å². The average molecular weight is 289 g/mol. The van der Waals surface area contributed by atoms with Gasteiger partial charge in [-0.2, -0.15) is 0 Å². The fourth-order valence-corrected chi connectivity index (χ4v) is 2.25. The molecule has 0 unspecified atom stereocenters. The third-order valence-electron chi connectivity index (χ3n) is 3.20. The van der Waals surface area contributed by atoms with Crippen LogP contribution in [0.25, 0.3) is 0 Å². The Morgan fingerprint density at radius 3 is 2.48 bits per heavy atom. The summed E-state index contributed by atoms with van der Waals surface area (Å²) in [5, 5.41) is 9.66. The van der Waals surface area contributed by atoms with E-state index in [2.05, 4.69) is 0 Å². The van der Waals surface area contributed by atoms with Gasteiger partial charge in [0, 0.05) is 18.8 Å². The number of ether oxygens (including phenoxy) is 1. The molecular formula is C17H20FNO2. The third kappa shape index (κ3) is 4.20. The van der Waals surface area contributed by atoms with Gasteiger partial charge in [-0.3, -0.25) is 0 Å². The summed E-state index contributed by atoms with van der Waals surface area (Å²) >= 11 is 0. The van der Waals surface area contributed by atoms with Gasteiger partial charge in [-0.25, -0.2) is 4.39 Å². The molecule has 0 amide bonds. The summed E-state index contributed by atoms with van der Waals surface area (Å²) in [5.41, 5.74) is 1.83. The fraction of sp³-hybridized carbons (Fsp3) is 0.294. The first kappa shape index (κ1) is 15.3. The highest BCUT2D eigenvalue weighted by Gasteiger charge is 2.11. The topological polar surface area (TPSA) is 32.7 Å². The zero-order valence-electron chi connectivity index (χ0n) is 12.3. The molecule has 0 aliphatic heterocycles. The number of aliphatic hydroxyl groups is 1. The first-order chi connectivity index (χ1) is 10.1. The van der Waals surface area contributed by atoms with E-state index in [0.29, 0.717) is 13.1 Å². The minimum Gasteiger partial charge on any atom is -0.494 e. The number of halogens is 1. The van der Waals surface area contributed by atoms with E-state index >= 15 is 0 Å². The molecule has 0 aliphatic carbocycles. The predicted molar refractivity (Wildman–Crippen MR) is 82.1 cm³/mol. The molecule has 0 aliphatic rings. The summed E-state index contributed by atoms with van der Waals surface area (Å²) in [6, 6.07) is 14.7. The Kier molecular flexibility index (Phi) is 5.17. The van der Waals surface area contributed by atoms with Crippen LogP contribution in [0, 0.1) is 5.82 Å². The van der Waals surface area contributed by atoms with Crippen molar-refractivity contribution in [1.29, 1.82) is 0 Å². The quantitative estimate of drug-likeness (QED) is 0.886. The Morgan fingerprint density at radius 2 is 1.90 bits per heavy atom. The average Bonchev–Trinajstić information content (AvgIpc) is 2.47. The highest BCUT2D eigenvalue weighted by Crippen LogP contribution is 2.21. The van der Waals surface area contributed by atoms with Gasteiger partial charge in [-0.05, 0) is 36.8 Å². The molecule has 0 spiro atoms. The van der Waals surface area contributed by atoms with Crippen molar-refractivity contribution in [2.45, 2.75) is 19.6 Å². The van der Waals surface area contributed by atoms with Crippen molar-refractivity contribution >= 4 is 5.69 Å². The number of para-hydroxylation sites is 1. The Bertz CT molecular complexity index is 572. The summed E-state index contributed by atoms with van der Waals surface area (Å²) in [7, 11) is 1.45. The molecule has 0 saturated heterocycles. The van der Waals surface area contributed by atoms with E-state index in [9.17, 15) is 9.50 Å². The molecule has 112 valence electrons. The van der Waals surface area contributed by atoms with E-state index in [-0.39, 0.29) is 11.6 Å². The molecule has 3 nitrogen and oxygen atoms in total. The van der Waals surface area contributed by atoms with Gasteiger partial charge in [0.05, 0.1) is 13.2 Å². The predicted octanol–water partition coefficient (Wildman–Crippen LogP) is 3.22. The van der Waals surface area contributed by atoms with Gasteiger partial charge >= 0.3 is 0 Å². The summed E-state index contributed by atoms with van der Waals surface area (Å²) in [6.45, 7) is 2.75. The Hall–Kier alpha value is -2.07. The summed E-state index contributed by atoms with van der Waals surface area (Å²) in [6.07, 6.45) is -0.465. The molecule has 0 radical (unpaired) electrons. The molecule has 0 bridgehead atoms. The van der Waals surface area contributed by atoms with Gasteiger partial charge in [-0.1, -0.05) is 24.3 Å². The van der Waals surface area contributed by atoms with Crippen LogP contribution in [0.15, 0.2) is 48.5 Å². The molecule has 1 atom stereocenters. The summed E-state index contributed by atoms with van der Waals surface area (Å²) in [5.74, 6) is -0.138. The standard InChI is InChI=1S/C17H20FNO2/c1-13(20)11-19(15-6-4-3-5-7-15)12-14-8-9-17(21-2)16(18)10-14/h3-10,13,20H,11-12H2,1-2H3/t13-/m0/s1. The summed E-state index contributed by atoms with van der Waals surface area (Å²) in [4.78, 5) is 2.02. The molecule has 21 heavy (non-hydrogen) atoms. The minimum atomic E-state index is -0.465. The van der Waals surface area contributed by atoms with Crippen LogP contribution in [0.5, 0.6) is 5.75 Å². The van der Waals surface area contributed by atoms with Crippen molar-refractivity contribution in [1.82, 2.24) is 0 Å². The molecule has 0 aromatic heterocycles. The van der Waals surface area contributed by atoms with Crippen molar-refractivity contribution in [3.05, 3.63) is 59.9 Å². The van der Waals surface area contributed by atoms with E-state index in [4.69, 9.17) is 4.74 Å². The number of hydrogen-bond donors (Lipinski definition) is 1. The first-order valence-electron chi connectivity index (χ1n) is 6.90. The van der Waals surface area contributed by atoms with Gasteiger partial charge in [0.2, 0.25) is 0 Å². The second-order valence-electron chi connectivity index (χ2n) is 5.03. The Balaban J connectivity index is 2.21. The van der Waals surface area contributed by atoms with Crippen molar-refractivity contribution in [3.63, 3.8) is 0 Å². The van der Waals surface area contributed by atoms with E-state index < -0.39 is 6.10 Å². The van der Waals surface area contributed by atoms with Crippen molar-refractivity contribution in [2.75, 3.05) is 18.6 Å². The molecule has 2 aromatic carbocycles. The molecule has 0 fully saturated rings. The van der Waals surface area contributed by atoms with E-state index in [0.717, 1.165) is 11.3 Å². The number of anilines is 1. The molecule has 0 saturated carbocycles. The number of nitrogens with zero attached hydrogens (tertiary/aromatic N) is 1. The number of methoxy groups -OCH3 is 1. The molecule has 2 rings (SSSR count). The highest BCUT2D eigenvalue weighted by molar-refractivity contribution is 5.47. The highest BCUT2D eigenvalue weighted by atomic mass is 19.1. The second kappa shape index (κ2) is 7.09. The number of benzene rings is 2. The Labute approximate surface area is 124 Å². The van der Waals surface area contributed by atoms with Crippen molar-refractivity contribution in [3.8, 4) is 5.75 Å².